The summed E-state index contributed by atoms with van der Waals surface area (Å²) in [5, 5.41) is 1.94. The van der Waals surface area contributed by atoms with Gasteiger partial charge in [0.15, 0.2) is 11.7 Å². The molecule has 1 aliphatic heterocycles. The Hall–Kier alpha value is -1.90. The Morgan fingerprint density at radius 1 is 1.19 bits per heavy atom. The Balaban J connectivity index is 1.53. The zero-order valence-corrected chi connectivity index (χ0v) is 19.5. The molecule has 0 aliphatic carbocycles. The van der Waals surface area contributed by atoms with Crippen molar-refractivity contribution < 1.29 is 14.3 Å². The molecule has 164 valence electrons. The van der Waals surface area contributed by atoms with Crippen LogP contribution >= 0.6 is 34.5 Å². The van der Waals surface area contributed by atoms with Gasteiger partial charge in [-0.1, -0.05) is 34.5 Å². The molecule has 0 saturated carbocycles. The highest BCUT2D eigenvalue weighted by Gasteiger charge is 2.23. The zero-order chi connectivity index (χ0) is 21.8. The maximum atomic E-state index is 13.2. The van der Waals surface area contributed by atoms with E-state index in [9.17, 15) is 4.79 Å². The fraction of sp³-hybridized carbons (Fsp3) is 0.364. The number of nitrogens with zero attached hydrogens (tertiary/aromatic N) is 3. The fourth-order valence-corrected chi connectivity index (χ4v) is 4.70. The van der Waals surface area contributed by atoms with Gasteiger partial charge in [-0.25, -0.2) is 4.98 Å². The minimum Gasteiger partial charge on any atom is -0.484 e. The molecule has 1 amide bonds. The molecule has 0 radical (unpaired) electrons. The van der Waals surface area contributed by atoms with Gasteiger partial charge in [0.1, 0.15) is 5.75 Å². The second kappa shape index (κ2) is 10.1. The van der Waals surface area contributed by atoms with Crippen molar-refractivity contribution in [3.8, 4) is 5.75 Å². The predicted octanol–water partition coefficient (Wildman–Crippen LogP) is 4.66. The van der Waals surface area contributed by atoms with Gasteiger partial charge in [-0.2, -0.15) is 0 Å². The van der Waals surface area contributed by atoms with E-state index < -0.39 is 0 Å². The number of anilines is 1. The van der Waals surface area contributed by atoms with Crippen LogP contribution in [0.15, 0.2) is 36.4 Å². The summed E-state index contributed by atoms with van der Waals surface area (Å²) in [5.74, 6) is 0.448. The van der Waals surface area contributed by atoms with Crippen molar-refractivity contribution in [2.75, 3.05) is 50.9 Å². The summed E-state index contributed by atoms with van der Waals surface area (Å²) < 4.78 is 12.1. The molecule has 1 aromatic heterocycles. The van der Waals surface area contributed by atoms with E-state index in [1.807, 2.05) is 19.1 Å². The number of hydrogen-bond donors (Lipinski definition) is 0. The summed E-state index contributed by atoms with van der Waals surface area (Å²) in [6.07, 6.45) is 0. The average Bonchev–Trinajstić information content (AvgIpc) is 3.21. The van der Waals surface area contributed by atoms with Crippen LogP contribution in [0.25, 0.3) is 10.2 Å². The number of rotatable bonds is 7. The lowest BCUT2D eigenvalue weighted by atomic mass is 10.2. The summed E-state index contributed by atoms with van der Waals surface area (Å²) in [4.78, 5) is 21.9. The van der Waals surface area contributed by atoms with Crippen LogP contribution in [0.1, 0.15) is 5.56 Å². The molecular weight excluding hydrogens is 457 g/mol. The fourth-order valence-electron chi connectivity index (χ4n) is 3.35. The average molecular weight is 480 g/mol. The van der Waals surface area contributed by atoms with Crippen molar-refractivity contribution in [1.82, 2.24) is 9.88 Å². The molecule has 2 aromatic carbocycles. The van der Waals surface area contributed by atoms with Crippen molar-refractivity contribution in [2.24, 2.45) is 0 Å². The number of morpholine rings is 1. The van der Waals surface area contributed by atoms with Crippen LogP contribution in [-0.2, 0) is 9.53 Å². The number of aryl methyl sites for hydroxylation is 1. The van der Waals surface area contributed by atoms with Gasteiger partial charge in [0.25, 0.3) is 5.91 Å². The monoisotopic (exact) mass is 479 g/mol. The zero-order valence-electron chi connectivity index (χ0n) is 17.1. The number of aromatic nitrogens is 1. The van der Waals surface area contributed by atoms with Crippen LogP contribution in [0, 0.1) is 6.92 Å². The van der Waals surface area contributed by atoms with E-state index in [1.165, 1.54) is 11.3 Å². The number of carbonyl (C=O) groups is 1. The number of benzene rings is 2. The van der Waals surface area contributed by atoms with Gasteiger partial charge in [-0.05, 0) is 48.9 Å². The lowest BCUT2D eigenvalue weighted by molar-refractivity contribution is -0.120. The predicted molar refractivity (Wildman–Crippen MR) is 126 cm³/mol. The first-order valence-electron chi connectivity index (χ1n) is 10.1. The van der Waals surface area contributed by atoms with Crippen LogP contribution in [0.5, 0.6) is 5.75 Å². The van der Waals surface area contributed by atoms with Crippen molar-refractivity contribution in [3.05, 3.63) is 52.0 Å². The van der Waals surface area contributed by atoms with Crippen molar-refractivity contribution in [3.63, 3.8) is 0 Å². The number of fused-ring (bicyclic) bond motifs is 1. The Labute approximate surface area is 195 Å². The molecule has 9 heteroatoms. The number of amides is 1. The first-order chi connectivity index (χ1) is 15.0. The highest BCUT2D eigenvalue weighted by Crippen LogP contribution is 2.33. The Kier molecular flexibility index (Phi) is 7.30. The second-order valence-corrected chi connectivity index (χ2v) is 9.11. The number of ether oxygens (including phenoxy) is 2. The van der Waals surface area contributed by atoms with E-state index in [1.54, 1.807) is 29.2 Å². The van der Waals surface area contributed by atoms with Gasteiger partial charge in [-0.15, -0.1) is 0 Å². The van der Waals surface area contributed by atoms with Crippen LogP contribution < -0.4 is 9.64 Å². The normalized spacial score (nSPS) is 14.7. The maximum absolute atomic E-state index is 13.2. The van der Waals surface area contributed by atoms with E-state index in [4.69, 9.17) is 37.7 Å². The van der Waals surface area contributed by atoms with Gasteiger partial charge < -0.3 is 9.47 Å². The van der Waals surface area contributed by atoms with E-state index in [0.29, 0.717) is 40.7 Å². The topological polar surface area (TPSA) is 54.9 Å². The summed E-state index contributed by atoms with van der Waals surface area (Å²) in [6, 6.07) is 10.8. The summed E-state index contributed by atoms with van der Waals surface area (Å²) >= 11 is 13.7. The van der Waals surface area contributed by atoms with Crippen LogP contribution in [0.2, 0.25) is 10.0 Å². The van der Waals surface area contributed by atoms with Crippen LogP contribution in [0.3, 0.4) is 0 Å². The number of thiazole rings is 1. The lowest BCUT2D eigenvalue weighted by Crippen LogP contribution is -2.44. The Morgan fingerprint density at radius 3 is 2.68 bits per heavy atom. The number of halogens is 2. The molecule has 1 saturated heterocycles. The van der Waals surface area contributed by atoms with E-state index in [2.05, 4.69) is 4.90 Å². The molecule has 0 spiro atoms. The molecule has 1 fully saturated rings. The summed E-state index contributed by atoms with van der Waals surface area (Å²) in [6.45, 7) is 6.27. The van der Waals surface area contributed by atoms with Gasteiger partial charge in [0.05, 0.1) is 23.4 Å². The van der Waals surface area contributed by atoms with Crippen molar-refractivity contribution in [1.29, 1.82) is 0 Å². The lowest BCUT2D eigenvalue weighted by Gasteiger charge is -2.29. The smallest absolute Gasteiger partial charge is 0.266 e. The molecule has 4 rings (SSSR count). The molecule has 0 N–H and O–H groups in total. The largest absolute Gasteiger partial charge is 0.484 e. The molecular formula is C22H23Cl2N3O3S. The maximum Gasteiger partial charge on any atom is 0.266 e. The molecule has 2 heterocycles. The third-order valence-corrected chi connectivity index (χ3v) is 6.89. The molecule has 0 atom stereocenters. The van der Waals surface area contributed by atoms with Gasteiger partial charge >= 0.3 is 0 Å². The summed E-state index contributed by atoms with van der Waals surface area (Å²) in [5.41, 5.74) is 1.75. The van der Waals surface area contributed by atoms with Gasteiger partial charge in [0.2, 0.25) is 0 Å². The quantitative estimate of drug-likeness (QED) is 0.493. The highest BCUT2D eigenvalue weighted by molar-refractivity contribution is 7.22. The first kappa shape index (κ1) is 22.3. The third-order valence-electron chi connectivity index (χ3n) is 5.19. The first-order valence-corrected chi connectivity index (χ1v) is 11.6. The standard InChI is InChI=1S/C22H23Cl2N3O3S/c1-15-18(24)6-7-19-21(15)25-22(31-19)27(9-8-26-10-12-29-13-11-26)20(28)14-30-17-4-2-16(23)3-5-17/h2-7H,8-14H2,1H3. The van der Waals surface area contributed by atoms with Crippen molar-refractivity contribution in [2.45, 2.75) is 6.92 Å². The van der Waals surface area contributed by atoms with Crippen molar-refractivity contribution >= 4 is 55.8 Å². The minimum absolute atomic E-state index is 0.0829. The van der Waals surface area contributed by atoms with Gasteiger partial charge in [-0.3, -0.25) is 14.6 Å². The molecule has 0 unspecified atom stereocenters. The molecule has 0 bridgehead atoms. The Bertz CT molecular complexity index is 1050. The highest BCUT2D eigenvalue weighted by atomic mass is 35.5. The molecule has 6 nitrogen and oxygen atoms in total. The molecule has 1 aliphatic rings. The minimum atomic E-state index is -0.147. The molecule has 3 aromatic rings. The summed E-state index contributed by atoms with van der Waals surface area (Å²) in [7, 11) is 0. The number of carbonyl (C=O) groups excluding carboxylic acids is 1. The third kappa shape index (κ3) is 5.48. The van der Waals surface area contributed by atoms with Crippen LogP contribution in [-0.4, -0.2) is 61.8 Å². The molecule has 31 heavy (non-hydrogen) atoms. The SMILES string of the molecule is Cc1c(Cl)ccc2sc(N(CCN3CCOCC3)C(=O)COc3ccc(Cl)cc3)nc12. The van der Waals surface area contributed by atoms with E-state index >= 15 is 0 Å². The second-order valence-electron chi connectivity index (χ2n) is 7.26. The number of hydrogen-bond acceptors (Lipinski definition) is 6. The van der Waals surface area contributed by atoms with Crippen LogP contribution in [0.4, 0.5) is 5.13 Å². The van der Waals surface area contributed by atoms with Gasteiger partial charge in [0, 0.05) is 36.2 Å². The Morgan fingerprint density at radius 2 is 1.94 bits per heavy atom. The van der Waals surface area contributed by atoms with E-state index in [-0.39, 0.29) is 12.5 Å². The van der Waals surface area contributed by atoms with E-state index in [0.717, 1.165) is 35.4 Å².